The van der Waals surface area contributed by atoms with Gasteiger partial charge in [0.15, 0.2) is 0 Å². The van der Waals surface area contributed by atoms with E-state index in [0.29, 0.717) is 27.7 Å². The van der Waals surface area contributed by atoms with E-state index in [4.69, 9.17) is 21.1 Å². The zero-order valence-corrected chi connectivity index (χ0v) is 15.6. The number of benzene rings is 2. The molecule has 1 aromatic heterocycles. The number of esters is 1. The standard InChI is InChI=1S/C21H17ClFNO3/c1-3-26-21(25)20-13(2)24-17(14-7-6-8-15(23)11-14)12-19(20)27-18-10-5-4-9-16(18)22/h4-12H,3H2,1-2H3. The lowest BCUT2D eigenvalue weighted by atomic mass is 10.1. The van der Waals surface area contributed by atoms with Crippen LogP contribution < -0.4 is 4.74 Å². The average Bonchev–Trinajstić information content (AvgIpc) is 2.63. The Morgan fingerprint density at radius 2 is 1.89 bits per heavy atom. The molecule has 0 aliphatic carbocycles. The molecule has 0 unspecified atom stereocenters. The Hall–Kier alpha value is -2.92. The highest BCUT2D eigenvalue weighted by molar-refractivity contribution is 6.32. The topological polar surface area (TPSA) is 48.4 Å². The maximum atomic E-state index is 13.6. The van der Waals surface area contributed by atoms with Crippen molar-refractivity contribution in [1.29, 1.82) is 0 Å². The molecule has 0 amide bonds. The second-order valence-corrected chi connectivity index (χ2v) is 6.14. The zero-order chi connectivity index (χ0) is 19.4. The molecule has 0 aliphatic rings. The van der Waals surface area contributed by atoms with E-state index in [1.165, 1.54) is 12.1 Å². The van der Waals surface area contributed by atoms with Crippen LogP contribution in [0.4, 0.5) is 4.39 Å². The van der Waals surface area contributed by atoms with Crippen LogP contribution >= 0.6 is 11.6 Å². The number of carbonyl (C=O) groups excluding carboxylic acids is 1. The summed E-state index contributed by atoms with van der Waals surface area (Å²) in [4.78, 5) is 16.9. The smallest absolute Gasteiger partial charge is 0.343 e. The first-order chi connectivity index (χ1) is 13.0. The first-order valence-corrected chi connectivity index (χ1v) is 8.74. The molecule has 0 spiro atoms. The van der Waals surface area contributed by atoms with Gasteiger partial charge in [-0.25, -0.2) is 9.18 Å². The van der Waals surface area contributed by atoms with Crippen molar-refractivity contribution in [2.45, 2.75) is 13.8 Å². The van der Waals surface area contributed by atoms with E-state index in [1.54, 1.807) is 56.3 Å². The van der Waals surface area contributed by atoms with Gasteiger partial charge in [0, 0.05) is 11.6 Å². The van der Waals surface area contributed by atoms with E-state index in [1.807, 2.05) is 0 Å². The number of halogens is 2. The highest BCUT2D eigenvalue weighted by atomic mass is 35.5. The Balaban J connectivity index is 2.14. The van der Waals surface area contributed by atoms with Crippen molar-refractivity contribution < 1.29 is 18.7 Å². The molecule has 6 heteroatoms. The maximum Gasteiger partial charge on any atom is 0.343 e. The summed E-state index contributed by atoms with van der Waals surface area (Å²) in [7, 11) is 0. The summed E-state index contributed by atoms with van der Waals surface area (Å²) < 4.78 is 24.7. The molecule has 2 aromatic carbocycles. The minimum atomic E-state index is -0.546. The summed E-state index contributed by atoms with van der Waals surface area (Å²) in [5.74, 6) is -0.292. The van der Waals surface area contributed by atoms with Crippen molar-refractivity contribution in [3.63, 3.8) is 0 Å². The lowest BCUT2D eigenvalue weighted by Gasteiger charge is -2.15. The molecule has 0 aliphatic heterocycles. The van der Waals surface area contributed by atoms with Gasteiger partial charge < -0.3 is 9.47 Å². The van der Waals surface area contributed by atoms with Crippen molar-refractivity contribution in [2.24, 2.45) is 0 Å². The van der Waals surface area contributed by atoms with Gasteiger partial charge in [0.05, 0.1) is 23.0 Å². The fourth-order valence-corrected chi connectivity index (χ4v) is 2.79. The highest BCUT2D eigenvalue weighted by Crippen LogP contribution is 2.35. The number of ether oxygens (including phenoxy) is 2. The van der Waals surface area contributed by atoms with Crippen molar-refractivity contribution in [1.82, 2.24) is 4.98 Å². The van der Waals surface area contributed by atoms with Crippen LogP contribution in [0, 0.1) is 12.7 Å². The molecule has 138 valence electrons. The molecule has 27 heavy (non-hydrogen) atoms. The van der Waals surface area contributed by atoms with Crippen LogP contribution in [-0.2, 0) is 4.74 Å². The minimum absolute atomic E-state index is 0.205. The normalized spacial score (nSPS) is 10.5. The van der Waals surface area contributed by atoms with Gasteiger partial charge in [-0.1, -0.05) is 35.9 Å². The molecular weight excluding hydrogens is 369 g/mol. The lowest BCUT2D eigenvalue weighted by Crippen LogP contribution is -2.10. The molecule has 4 nitrogen and oxygen atoms in total. The van der Waals surface area contributed by atoms with Gasteiger partial charge in [0.1, 0.15) is 22.9 Å². The molecule has 1 heterocycles. The van der Waals surface area contributed by atoms with Gasteiger partial charge in [-0.15, -0.1) is 0 Å². The SMILES string of the molecule is CCOC(=O)c1c(Oc2ccccc2Cl)cc(-c2cccc(F)c2)nc1C. The molecule has 0 saturated heterocycles. The molecule has 0 radical (unpaired) electrons. The number of nitrogens with zero attached hydrogens (tertiary/aromatic N) is 1. The van der Waals surface area contributed by atoms with Gasteiger partial charge in [-0.05, 0) is 38.1 Å². The number of aryl methyl sites for hydroxylation is 1. The first-order valence-electron chi connectivity index (χ1n) is 8.36. The predicted octanol–water partition coefficient (Wildman–Crippen LogP) is 5.82. The molecule has 3 aromatic rings. The minimum Gasteiger partial charge on any atom is -0.462 e. The van der Waals surface area contributed by atoms with Crippen LogP contribution in [-0.4, -0.2) is 17.6 Å². The number of carbonyl (C=O) groups is 1. The molecule has 3 rings (SSSR count). The summed E-state index contributed by atoms with van der Waals surface area (Å²) in [5.41, 5.74) is 1.66. The number of para-hydroxylation sites is 1. The number of rotatable bonds is 5. The average molecular weight is 386 g/mol. The third-order valence-electron chi connectivity index (χ3n) is 3.82. The van der Waals surface area contributed by atoms with Crippen LogP contribution in [0.5, 0.6) is 11.5 Å². The second-order valence-electron chi connectivity index (χ2n) is 5.73. The predicted molar refractivity (Wildman–Crippen MR) is 102 cm³/mol. The molecule has 0 bridgehead atoms. The quantitative estimate of drug-likeness (QED) is 0.519. The number of hydrogen-bond donors (Lipinski definition) is 0. The highest BCUT2D eigenvalue weighted by Gasteiger charge is 2.21. The van der Waals surface area contributed by atoms with Crippen molar-refractivity contribution >= 4 is 17.6 Å². The zero-order valence-electron chi connectivity index (χ0n) is 14.8. The largest absolute Gasteiger partial charge is 0.462 e. The van der Waals surface area contributed by atoms with Crippen LogP contribution in [0.1, 0.15) is 23.0 Å². The van der Waals surface area contributed by atoms with Crippen LogP contribution in [0.3, 0.4) is 0 Å². The van der Waals surface area contributed by atoms with Crippen LogP contribution in [0.25, 0.3) is 11.3 Å². The summed E-state index contributed by atoms with van der Waals surface area (Å²) in [5, 5.41) is 0.397. The monoisotopic (exact) mass is 385 g/mol. The molecule has 0 fully saturated rings. The van der Waals surface area contributed by atoms with Gasteiger partial charge in [0.2, 0.25) is 0 Å². The van der Waals surface area contributed by atoms with Crippen molar-refractivity contribution in [3.05, 3.63) is 76.7 Å². The third kappa shape index (κ3) is 4.26. The van der Waals surface area contributed by atoms with Crippen LogP contribution in [0.2, 0.25) is 5.02 Å². The number of pyridine rings is 1. The summed E-state index contributed by atoms with van der Waals surface area (Å²) in [6.45, 7) is 3.61. The van der Waals surface area contributed by atoms with E-state index >= 15 is 0 Å². The molecular formula is C21H17ClFNO3. The van der Waals surface area contributed by atoms with Crippen molar-refractivity contribution in [3.8, 4) is 22.8 Å². The van der Waals surface area contributed by atoms with Gasteiger partial charge in [-0.2, -0.15) is 0 Å². The summed E-state index contributed by atoms with van der Waals surface area (Å²) in [6, 6.07) is 14.5. The summed E-state index contributed by atoms with van der Waals surface area (Å²) >= 11 is 6.18. The second kappa shape index (κ2) is 8.18. The molecule has 0 atom stereocenters. The van der Waals surface area contributed by atoms with Gasteiger partial charge in [-0.3, -0.25) is 4.98 Å². The number of aromatic nitrogens is 1. The van der Waals surface area contributed by atoms with Crippen molar-refractivity contribution in [2.75, 3.05) is 6.61 Å². The summed E-state index contributed by atoms with van der Waals surface area (Å²) in [6.07, 6.45) is 0. The fraction of sp³-hybridized carbons (Fsp3) is 0.143. The first kappa shape index (κ1) is 18.9. The van der Waals surface area contributed by atoms with Gasteiger partial charge in [0.25, 0.3) is 0 Å². The Bertz CT molecular complexity index is 991. The maximum absolute atomic E-state index is 13.6. The number of hydrogen-bond acceptors (Lipinski definition) is 4. The van der Waals surface area contributed by atoms with E-state index in [2.05, 4.69) is 4.98 Å². The fourth-order valence-electron chi connectivity index (χ4n) is 2.62. The van der Waals surface area contributed by atoms with Crippen LogP contribution in [0.15, 0.2) is 54.6 Å². The van der Waals surface area contributed by atoms with Gasteiger partial charge >= 0.3 is 5.97 Å². The Morgan fingerprint density at radius 1 is 1.11 bits per heavy atom. The Kier molecular flexibility index (Phi) is 5.72. The Labute approximate surface area is 161 Å². The Morgan fingerprint density at radius 3 is 2.59 bits per heavy atom. The van der Waals surface area contributed by atoms with E-state index < -0.39 is 5.97 Å². The van der Waals surface area contributed by atoms with E-state index in [-0.39, 0.29) is 23.7 Å². The lowest BCUT2D eigenvalue weighted by molar-refractivity contribution is 0.0522. The third-order valence-corrected chi connectivity index (χ3v) is 4.13. The molecule has 0 saturated carbocycles. The molecule has 0 N–H and O–H groups in total. The van der Waals surface area contributed by atoms with E-state index in [0.717, 1.165) is 0 Å². The van der Waals surface area contributed by atoms with E-state index in [9.17, 15) is 9.18 Å².